The van der Waals surface area contributed by atoms with Crippen molar-refractivity contribution >= 4 is 55.0 Å². The van der Waals surface area contributed by atoms with E-state index in [-0.39, 0.29) is 5.41 Å². The van der Waals surface area contributed by atoms with Crippen LogP contribution in [0.1, 0.15) is 48.1 Å². The molecule has 0 aliphatic heterocycles. The summed E-state index contributed by atoms with van der Waals surface area (Å²) in [6, 6.07) is 79.2. The molecule has 12 rings (SSSR count). The number of nitrogens with zero attached hydrogens (tertiary/aromatic N) is 1. The Balaban J connectivity index is 1.23. The standard InChI is InChI=1S/C61H45N/c1-61(2)57-31-16-15-28-51(57)52-35-33-44(39-58(52)61)62(43-32-34-46(40-18-5-3-6-19-40)56(38-43)42-20-7-4-8-21-42)60-55(47-30-17-23-41-22-9-10-24-45(41)47)37-36-54-50-27-12-11-25-48(50)49-26-13-14-29-53(49)59(54)60/h3-35,38-39H,36-37H2,1-2H3. The number of aryl methyl sites for hydroxylation is 1. The molecule has 0 saturated heterocycles. The fraction of sp³-hybridized carbons (Fsp3) is 0.0820. The minimum atomic E-state index is -0.166. The maximum absolute atomic E-state index is 2.64. The topological polar surface area (TPSA) is 3.24 Å². The van der Waals surface area contributed by atoms with Crippen LogP contribution in [-0.4, -0.2) is 0 Å². The van der Waals surface area contributed by atoms with Crippen LogP contribution in [0.3, 0.4) is 0 Å². The second-order valence-electron chi connectivity index (χ2n) is 17.5. The molecule has 2 aliphatic rings. The third-order valence-electron chi connectivity index (χ3n) is 13.8. The molecule has 10 aromatic rings. The van der Waals surface area contributed by atoms with Gasteiger partial charge in [0.1, 0.15) is 0 Å². The molecule has 0 fully saturated rings. The molecular formula is C61H45N. The van der Waals surface area contributed by atoms with E-state index in [1.807, 2.05) is 0 Å². The van der Waals surface area contributed by atoms with Gasteiger partial charge in [-0.1, -0.05) is 202 Å². The second kappa shape index (κ2) is 14.3. The number of benzene rings is 10. The van der Waals surface area contributed by atoms with Gasteiger partial charge < -0.3 is 4.90 Å². The largest absolute Gasteiger partial charge is 0.310 e. The molecule has 0 atom stereocenters. The summed E-state index contributed by atoms with van der Waals surface area (Å²) in [4.78, 5) is 2.64. The molecule has 0 aromatic heterocycles. The Morgan fingerprint density at radius 2 is 0.903 bits per heavy atom. The van der Waals surface area contributed by atoms with E-state index in [1.165, 1.54) is 105 Å². The molecule has 0 unspecified atom stereocenters. The second-order valence-corrected chi connectivity index (χ2v) is 17.5. The minimum absolute atomic E-state index is 0.166. The number of hydrogen-bond acceptors (Lipinski definition) is 1. The number of allylic oxidation sites excluding steroid dienone is 1. The lowest BCUT2D eigenvalue weighted by atomic mass is 9.78. The highest BCUT2D eigenvalue weighted by Crippen LogP contribution is 2.54. The average Bonchev–Trinajstić information content (AvgIpc) is 3.57. The van der Waals surface area contributed by atoms with Gasteiger partial charge in [-0.3, -0.25) is 0 Å². The molecule has 0 saturated carbocycles. The van der Waals surface area contributed by atoms with Crippen LogP contribution in [0, 0.1) is 0 Å². The normalized spacial score (nSPS) is 13.9. The third-order valence-corrected chi connectivity index (χ3v) is 13.8. The van der Waals surface area contributed by atoms with Crippen LogP contribution in [0.25, 0.3) is 77.0 Å². The van der Waals surface area contributed by atoms with Gasteiger partial charge in [-0.2, -0.15) is 0 Å². The van der Waals surface area contributed by atoms with E-state index in [0.717, 1.165) is 24.2 Å². The summed E-state index contributed by atoms with van der Waals surface area (Å²) in [6.07, 6.45) is 1.86. The SMILES string of the molecule is CC1(C)c2ccccc2-c2ccc(N(C3=C(c4cccc5ccccc45)CCc4c3c3ccccc3c3ccccc43)c3ccc(-c4ccccc4)c(-c4ccccc4)c3)cc21. The van der Waals surface area contributed by atoms with Gasteiger partial charge in [0.15, 0.2) is 0 Å². The Morgan fingerprint density at radius 3 is 1.66 bits per heavy atom. The van der Waals surface area contributed by atoms with Gasteiger partial charge in [-0.15, -0.1) is 0 Å². The summed E-state index contributed by atoms with van der Waals surface area (Å²) in [5, 5.41) is 7.77. The Labute approximate surface area is 363 Å². The monoisotopic (exact) mass is 791 g/mol. The Hall–Kier alpha value is -7.48. The predicted octanol–water partition coefficient (Wildman–Crippen LogP) is 16.4. The van der Waals surface area contributed by atoms with Crippen molar-refractivity contribution in [1.82, 2.24) is 0 Å². The van der Waals surface area contributed by atoms with Crippen molar-refractivity contribution in [2.75, 3.05) is 4.90 Å². The van der Waals surface area contributed by atoms with Gasteiger partial charge in [0, 0.05) is 22.4 Å². The van der Waals surface area contributed by atoms with Gasteiger partial charge >= 0.3 is 0 Å². The van der Waals surface area contributed by atoms with E-state index in [4.69, 9.17) is 0 Å². The van der Waals surface area contributed by atoms with Crippen LogP contribution in [-0.2, 0) is 11.8 Å². The summed E-state index contributed by atoms with van der Waals surface area (Å²) < 4.78 is 0. The van der Waals surface area contributed by atoms with Crippen LogP contribution in [0.4, 0.5) is 11.4 Å². The highest BCUT2D eigenvalue weighted by molar-refractivity contribution is 6.20. The van der Waals surface area contributed by atoms with Crippen LogP contribution < -0.4 is 4.90 Å². The van der Waals surface area contributed by atoms with Gasteiger partial charge in [-0.05, 0) is 131 Å². The summed E-state index contributed by atoms with van der Waals surface area (Å²) in [5.74, 6) is 0. The lowest BCUT2D eigenvalue weighted by molar-refractivity contribution is 0.660. The van der Waals surface area contributed by atoms with Crippen molar-refractivity contribution in [3.63, 3.8) is 0 Å². The lowest BCUT2D eigenvalue weighted by Gasteiger charge is -2.37. The molecule has 0 spiro atoms. The molecule has 0 radical (unpaired) electrons. The zero-order valence-corrected chi connectivity index (χ0v) is 35.1. The Bertz CT molecular complexity index is 3420. The van der Waals surface area contributed by atoms with Crippen molar-refractivity contribution in [3.8, 4) is 33.4 Å². The van der Waals surface area contributed by atoms with E-state index in [9.17, 15) is 0 Å². The first-order chi connectivity index (χ1) is 30.5. The number of anilines is 2. The molecule has 0 amide bonds. The molecule has 0 heterocycles. The van der Waals surface area contributed by atoms with E-state index < -0.39 is 0 Å². The fourth-order valence-electron chi connectivity index (χ4n) is 10.9. The predicted molar refractivity (Wildman–Crippen MR) is 264 cm³/mol. The molecule has 294 valence electrons. The van der Waals surface area contributed by atoms with Crippen molar-refractivity contribution in [2.24, 2.45) is 0 Å². The fourth-order valence-corrected chi connectivity index (χ4v) is 10.9. The van der Waals surface area contributed by atoms with Crippen molar-refractivity contribution < 1.29 is 0 Å². The Morgan fingerprint density at radius 1 is 0.371 bits per heavy atom. The molecule has 1 heteroatoms. The van der Waals surface area contributed by atoms with Crippen LogP contribution in [0.15, 0.2) is 212 Å². The first-order valence-corrected chi connectivity index (χ1v) is 22.0. The van der Waals surface area contributed by atoms with Crippen LogP contribution in [0.5, 0.6) is 0 Å². The minimum Gasteiger partial charge on any atom is -0.310 e. The maximum atomic E-state index is 2.64. The first-order valence-electron chi connectivity index (χ1n) is 22.0. The lowest BCUT2D eigenvalue weighted by Crippen LogP contribution is -2.23. The summed E-state index contributed by atoms with van der Waals surface area (Å²) in [7, 11) is 0. The summed E-state index contributed by atoms with van der Waals surface area (Å²) >= 11 is 0. The van der Waals surface area contributed by atoms with Gasteiger partial charge in [-0.25, -0.2) is 0 Å². The van der Waals surface area contributed by atoms with Gasteiger partial charge in [0.05, 0.1) is 5.70 Å². The highest BCUT2D eigenvalue weighted by atomic mass is 15.2. The molecule has 2 aliphatic carbocycles. The summed E-state index contributed by atoms with van der Waals surface area (Å²) in [6.45, 7) is 4.79. The zero-order chi connectivity index (χ0) is 41.4. The maximum Gasteiger partial charge on any atom is 0.0581 e. The smallest absolute Gasteiger partial charge is 0.0581 e. The highest BCUT2D eigenvalue weighted by Gasteiger charge is 2.37. The van der Waals surface area contributed by atoms with Crippen LogP contribution >= 0.6 is 0 Å². The van der Waals surface area contributed by atoms with Crippen molar-refractivity contribution in [1.29, 1.82) is 0 Å². The van der Waals surface area contributed by atoms with Crippen molar-refractivity contribution in [3.05, 3.63) is 240 Å². The number of hydrogen-bond donors (Lipinski definition) is 0. The molecule has 0 N–H and O–H groups in total. The molecule has 0 bridgehead atoms. The quantitative estimate of drug-likeness (QED) is 0.152. The number of rotatable bonds is 6. The van der Waals surface area contributed by atoms with Crippen LogP contribution in [0.2, 0.25) is 0 Å². The van der Waals surface area contributed by atoms with Gasteiger partial charge in [0.25, 0.3) is 0 Å². The molecule has 1 nitrogen and oxygen atoms in total. The Kier molecular flexibility index (Phi) is 8.40. The number of fused-ring (bicyclic) bond motifs is 10. The van der Waals surface area contributed by atoms with E-state index in [2.05, 4.69) is 231 Å². The van der Waals surface area contributed by atoms with Crippen molar-refractivity contribution in [2.45, 2.75) is 32.1 Å². The summed E-state index contributed by atoms with van der Waals surface area (Å²) in [5.41, 5.74) is 19.0. The van der Waals surface area contributed by atoms with E-state index >= 15 is 0 Å². The molecule has 10 aromatic carbocycles. The van der Waals surface area contributed by atoms with Gasteiger partial charge in [0.2, 0.25) is 0 Å². The third kappa shape index (κ3) is 5.62. The van der Waals surface area contributed by atoms with E-state index in [0.29, 0.717) is 0 Å². The zero-order valence-electron chi connectivity index (χ0n) is 35.1. The average molecular weight is 792 g/mol. The first kappa shape index (κ1) is 36.4. The molecule has 62 heavy (non-hydrogen) atoms. The molecular weight excluding hydrogens is 747 g/mol. The van der Waals surface area contributed by atoms with E-state index in [1.54, 1.807) is 0 Å².